The first kappa shape index (κ1) is 20.3. The van der Waals surface area contributed by atoms with E-state index >= 15 is 0 Å². The average Bonchev–Trinajstić information content (AvgIpc) is 2.92. The van der Waals surface area contributed by atoms with Gasteiger partial charge in [-0.15, -0.1) is 0 Å². The highest BCUT2D eigenvalue weighted by molar-refractivity contribution is 7.99. The number of nitriles is 1. The van der Waals surface area contributed by atoms with E-state index in [2.05, 4.69) is 107 Å². The molecule has 0 radical (unpaired) electrons. The van der Waals surface area contributed by atoms with Crippen molar-refractivity contribution in [3.63, 3.8) is 0 Å². The predicted molar refractivity (Wildman–Crippen MR) is 139 cm³/mol. The normalized spacial score (nSPS) is 11.9. The number of nitrogens with zero attached hydrogens (tertiary/aromatic N) is 3. The smallest absolute Gasteiger partial charge is 0.101 e. The summed E-state index contributed by atoms with van der Waals surface area (Å²) >= 11 is 1.81. The van der Waals surface area contributed by atoms with Crippen molar-refractivity contribution in [2.75, 3.05) is 4.90 Å². The average molecular weight is 454 g/mol. The van der Waals surface area contributed by atoms with Crippen LogP contribution in [0.3, 0.4) is 0 Å². The first-order chi connectivity index (χ1) is 16.8. The molecular weight excluding hydrogens is 434 g/mol. The molecule has 34 heavy (non-hydrogen) atoms. The van der Waals surface area contributed by atoms with Gasteiger partial charge in [-0.2, -0.15) is 5.26 Å². The van der Waals surface area contributed by atoms with Crippen LogP contribution in [0.5, 0.6) is 0 Å². The monoisotopic (exact) mass is 453 g/mol. The Balaban J connectivity index is 1.59. The van der Waals surface area contributed by atoms with Crippen LogP contribution in [0.1, 0.15) is 5.56 Å². The molecule has 4 aromatic carbocycles. The minimum absolute atomic E-state index is 0.552. The van der Waals surface area contributed by atoms with E-state index in [-0.39, 0.29) is 0 Å². The maximum Gasteiger partial charge on any atom is 0.101 e. The second-order valence-electron chi connectivity index (χ2n) is 8.01. The molecule has 1 aliphatic heterocycles. The number of hydrogen-bond acceptors (Lipinski definition) is 4. The number of hydrogen-bond donors (Lipinski definition) is 0. The van der Waals surface area contributed by atoms with Gasteiger partial charge >= 0.3 is 0 Å². The lowest BCUT2D eigenvalue weighted by atomic mass is 9.93. The summed E-state index contributed by atoms with van der Waals surface area (Å²) in [7, 11) is 0. The Bertz CT molecular complexity index is 1520. The van der Waals surface area contributed by atoms with Gasteiger partial charge in [0.2, 0.25) is 0 Å². The fourth-order valence-corrected chi connectivity index (χ4v) is 5.54. The lowest BCUT2D eigenvalue weighted by Crippen LogP contribution is -2.15. The van der Waals surface area contributed by atoms with E-state index in [4.69, 9.17) is 0 Å². The van der Waals surface area contributed by atoms with Crippen molar-refractivity contribution in [3.8, 4) is 28.3 Å². The molecule has 5 aromatic rings. The molecule has 0 bridgehead atoms. The lowest BCUT2D eigenvalue weighted by molar-refractivity contribution is 1.17. The van der Waals surface area contributed by atoms with Crippen LogP contribution in [0, 0.1) is 11.3 Å². The minimum Gasteiger partial charge on any atom is -0.308 e. The number of pyridine rings is 1. The molecule has 0 aliphatic carbocycles. The zero-order valence-electron chi connectivity index (χ0n) is 18.2. The van der Waals surface area contributed by atoms with E-state index in [0.717, 1.165) is 27.9 Å². The Morgan fingerprint density at radius 2 is 1.18 bits per heavy atom. The largest absolute Gasteiger partial charge is 0.308 e. The highest BCUT2D eigenvalue weighted by atomic mass is 32.2. The molecular formula is C30H19N3S. The molecule has 6 rings (SSSR count). The molecule has 0 unspecified atom stereocenters. The van der Waals surface area contributed by atoms with Crippen LogP contribution in [0.25, 0.3) is 22.3 Å². The topological polar surface area (TPSA) is 39.9 Å². The van der Waals surface area contributed by atoms with Gasteiger partial charge < -0.3 is 4.90 Å². The highest BCUT2D eigenvalue weighted by Gasteiger charge is 2.26. The van der Waals surface area contributed by atoms with E-state index in [0.29, 0.717) is 5.56 Å². The number of rotatable bonds is 3. The predicted octanol–water partition coefficient (Wildman–Crippen LogP) is 8.22. The number of para-hydroxylation sites is 3. The SMILES string of the molecule is N#Cc1cncc(-c2ccccc2-c2ccccc2N2c3ccccc3Sc3ccccc32)c1. The molecule has 0 saturated carbocycles. The van der Waals surface area contributed by atoms with E-state index in [1.807, 2.05) is 18.3 Å². The Kier molecular flexibility index (Phi) is 5.10. The van der Waals surface area contributed by atoms with Crippen LogP contribution in [0.4, 0.5) is 17.1 Å². The molecule has 0 spiro atoms. The molecule has 0 fully saturated rings. The third kappa shape index (κ3) is 3.44. The Morgan fingerprint density at radius 1 is 0.618 bits per heavy atom. The maximum atomic E-state index is 9.40. The van der Waals surface area contributed by atoms with Crippen molar-refractivity contribution in [1.82, 2.24) is 4.98 Å². The van der Waals surface area contributed by atoms with Crippen LogP contribution in [0.2, 0.25) is 0 Å². The van der Waals surface area contributed by atoms with Gasteiger partial charge in [-0.05, 0) is 47.5 Å². The fraction of sp³-hybridized carbons (Fsp3) is 0. The number of anilines is 3. The fourth-order valence-electron chi connectivity index (χ4n) is 4.48. The second kappa shape index (κ2) is 8.55. The molecule has 3 nitrogen and oxygen atoms in total. The first-order valence-corrected chi connectivity index (χ1v) is 11.8. The van der Waals surface area contributed by atoms with Crippen molar-refractivity contribution in [1.29, 1.82) is 5.26 Å². The Morgan fingerprint density at radius 3 is 1.85 bits per heavy atom. The lowest BCUT2D eigenvalue weighted by Gasteiger charge is -2.34. The molecule has 0 atom stereocenters. The summed E-state index contributed by atoms with van der Waals surface area (Å²) in [6.07, 6.45) is 3.42. The van der Waals surface area contributed by atoms with E-state index < -0.39 is 0 Å². The van der Waals surface area contributed by atoms with Crippen molar-refractivity contribution in [2.24, 2.45) is 0 Å². The summed E-state index contributed by atoms with van der Waals surface area (Å²) < 4.78 is 0. The Labute approximate surface area is 203 Å². The molecule has 4 heteroatoms. The number of benzene rings is 4. The van der Waals surface area contributed by atoms with Crippen LogP contribution in [-0.2, 0) is 0 Å². The quantitative estimate of drug-likeness (QED) is 0.271. The zero-order valence-corrected chi connectivity index (χ0v) is 19.0. The first-order valence-electron chi connectivity index (χ1n) is 11.0. The Hall–Kier alpha value is -4.33. The van der Waals surface area contributed by atoms with Crippen molar-refractivity contribution in [3.05, 3.63) is 121 Å². The second-order valence-corrected chi connectivity index (χ2v) is 9.09. The van der Waals surface area contributed by atoms with Gasteiger partial charge in [0.05, 0.1) is 22.6 Å². The van der Waals surface area contributed by atoms with Crippen LogP contribution in [-0.4, -0.2) is 4.98 Å². The maximum absolute atomic E-state index is 9.40. The summed E-state index contributed by atoms with van der Waals surface area (Å²) in [5.41, 5.74) is 8.21. The minimum atomic E-state index is 0.552. The van der Waals surface area contributed by atoms with Crippen LogP contribution in [0.15, 0.2) is 125 Å². The third-order valence-electron chi connectivity index (χ3n) is 5.97. The standard InChI is InChI=1S/C30H19N3S/c31-18-21-17-22(20-32-19-21)23-9-1-2-10-24(23)25-11-3-4-12-26(25)33-27-13-5-7-15-29(27)34-30-16-8-6-14-28(30)33/h1-17,19-20H. The number of aromatic nitrogens is 1. The molecule has 1 aliphatic rings. The van der Waals surface area contributed by atoms with Crippen molar-refractivity contribution in [2.45, 2.75) is 9.79 Å². The van der Waals surface area contributed by atoms with Gasteiger partial charge in [-0.25, -0.2) is 0 Å². The van der Waals surface area contributed by atoms with E-state index in [9.17, 15) is 5.26 Å². The van der Waals surface area contributed by atoms with Gasteiger partial charge in [0.25, 0.3) is 0 Å². The van der Waals surface area contributed by atoms with Crippen LogP contribution < -0.4 is 4.90 Å². The highest BCUT2D eigenvalue weighted by Crippen LogP contribution is 2.53. The van der Waals surface area contributed by atoms with Gasteiger partial charge in [0.15, 0.2) is 0 Å². The summed E-state index contributed by atoms with van der Waals surface area (Å²) in [6, 6.07) is 38.0. The van der Waals surface area contributed by atoms with E-state index in [1.54, 1.807) is 18.0 Å². The van der Waals surface area contributed by atoms with Gasteiger partial charge in [-0.1, -0.05) is 78.5 Å². The van der Waals surface area contributed by atoms with Crippen molar-refractivity contribution < 1.29 is 0 Å². The zero-order chi connectivity index (χ0) is 22.9. The van der Waals surface area contributed by atoms with E-state index in [1.165, 1.54) is 21.2 Å². The van der Waals surface area contributed by atoms with Crippen LogP contribution >= 0.6 is 11.8 Å². The van der Waals surface area contributed by atoms with Gasteiger partial charge in [0, 0.05) is 33.3 Å². The molecule has 1 aromatic heterocycles. The third-order valence-corrected chi connectivity index (χ3v) is 7.10. The molecule has 0 saturated heterocycles. The van der Waals surface area contributed by atoms with Gasteiger partial charge in [-0.3, -0.25) is 4.98 Å². The van der Waals surface area contributed by atoms with Gasteiger partial charge in [0.1, 0.15) is 6.07 Å². The molecule has 0 amide bonds. The number of fused-ring (bicyclic) bond motifs is 2. The molecule has 160 valence electrons. The summed E-state index contributed by atoms with van der Waals surface area (Å²) in [4.78, 5) is 9.12. The summed E-state index contributed by atoms with van der Waals surface area (Å²) in [6.45, 7) is 0. The molecule has 2 heterocycles. The van der Waals surface area contributed by atoms with Crippen molar-refractivity contribution >= 4 is 28.8 Å². The summed E-state index contributed by atoms with van der Waals surface area (Å²) in [5.74, 6) is 0. The summed E-state index contributed by atoms with van der Waals surface area (Å²) in [5, 5.41) is 9.40. The molecule has 0 N–H and O–H groups in total.